The Balaban J connectivity index is 0.000000142. The average Bonchev–Trinajstić information content (AvgIpc) is 4.25. The summed E-state index contributed by atoms with van der Waals surface area (Å²) in [6.45, 7) is 5.50. The number of fused-ring (bicyclic) bond motifs is 3. The van der Waals surface area contributed by atoms with Crippen molar-refractivity contribution in [3.63, 3.8) is 0 Å². The van der Waals surface area contributed by atoms with Crippen molar-refractivity contribution in [1.82, 2.24) is 19.9 Å². The zero-order valence-electron chi connectivity index (χ0n) is 46.9. The number of hydrogen-bond donors (Lipinski definition) is 7. The molecule has 430 valence electrons. The van der Waals surface area contributed by atoms with Crippen molar-refractivity contribution in [1.29, 1.82) is 10.5 Å². The second-order valence-electron chi connectivity index (χ2n) is 21.4. The van der Waals surface area contributed by atoms with Gasteiger partial charge in [0.15, 0.2) is 0 Å². The van der Waals surface area contributed by atoms with Crippen LogP contribution in [0.2, 0.25) is 0 Å². The number of anilines is 6. The zero-order chi connectivity index (χ0) is 60.1. The average molecular weight is 1140 g/mol. The van der Waals surface area contributed by atoms with Crippen LogP contribution >= 0.6 is 0 Å². The highest BCUT2D eigenvalue weighted by Gasteiger charge is 2.45. The van der Waals surface area contributed by atoms with Crippen LogP contribution in [0, 0.1) is 52.3 Å². The van der Waals surface area contributed by atoms with E-state index in [1.54, 1.807) is 49.1 Å². The number of aliphatic hydroxyl groups excluding tert-OH is 1. The number of carbonyl (C=O) groups is 3. The number of aryl methyl sites for hydroxylation is 2. The number of amides is 3. The van der Waals surface area contributed by atoms with Crippen LogP contribution in [-0.4, -0.2) is 61.9 Å². The van der Waals surface area contributed by atoms with Crippen molar-refractivity contribution >= 4 is 84.6 Å². The fourth-order valence-corrected chi connectivity index (χ4v) is 10.4. The predicted molar refractivity (Wildman–Crippen MR) is 327 cm³/mol. The number of ether oxygens (including phenoxy) is 1. The van der Waals surface area contributed by atoms with E-state index in [2.05, 4.69) is 67.1 Å². The first-order valence-electron chi connectivity index (χ1n) is 28.1. The SMILES string of the molecule is CCc1cc(OC(C)F)ncc1-c1cc(N)c2cnc(NC(=O)[C@H]3C[C@@H]3C#N)cc2c1.CCc1ccccc1-c1cc(N)c2cnc(NC(=O)[C@@H]3C[C@@H]3F)cc2c1.N#C[C@H]1C[C@@H]1C(=O)Nc1cc2cc(-c3ccccc3CCO)cc(N)c2cn1. The minimum absolute atomic E-state index is 0.0744. The highest BCUT2D eigenvalue weighted by Crippen LogP contribution is 2.41. The van der Waals surface area contributed by atoms with Crippen LogP contribution in [0.1, 0.15) is 56.7 Å². The van der Waals surface area contributed by atoms with Crippen LogP contribution < -0.4 is 37.9 Å². The highest BCUT2D eigenvalue weighted by atomic mass is 19.1. The molecule has 3 aliphatic rings. The summed E-state index contributed by atoms with van der Waals surface area (Å²) in [5.41, 5.74) is 29.6. The van der Waals surface area contributed by atoms with Gasteiger partial charge in [-0.2, -0.15) is 10.5 Å². The molecule has 3 fully saturated rings. The molecule has 4 heterocycles. The zero-order valence-corrected chi connectivity index (χ0v) is 46.9. The van der Waals surface area contributed by atoms with Gasteiger partial charge < -0.3 is 43.0 Å². The summed E-state index contributed by atoms with van der Waals surface area (Å²) in [5, 5.41) is 40.4. The first-order chi connectivity index (χ1) is 41.1. The summed E-state index contributed by atoms with van der Waals surface area (Å²) in [5.74, 6) is -0.641. The Bertz CT molecular complexity index is 4150. The molecule has 0 spiro atoms. The second-order valence-corrected chi connectivity index (χ2v) is 21.4. The minimum atomic E-state index is -1.44. The molecule has 12 rings (SSSR count). The van der Waals surface area contributed by atoms with E-state index in [-0.39, 0.29) is 53.9 Å². The molecule has 4 aromatic heterocycles. The Hall–Kier alpha value is -10.1. The molecule has 0 bridgehead atoms. The summed E-state index contributed by atoms with van der Waals surface area (Å²) in [6, 6.07) is 39.1. The summed E-state index contributed by atoms with van der Waals surface area (Å²) in [6.07, 6.45) is 7.78. The first kappa shape index (κ1) is 58.1. The number of nitrogens with two attached hydrogens (primary N) is 3. The van der Waals surface area contributed by atoms with Gasteiger partial charge in [0.1, 0.15) is 23.6 Å². The summed E-state index contributed by atoms with van der Waals surface area (Å²) < 4.78 is 31.3. The molecule has 0 aliphatic heterocycles. The van der Waals surface area contributed by atoms with Crippen LogP contribution in [0.3, 0.4) is 0 Å². The number of aliphatic hydroxyl groups is 1. The molecule has 0 saturated heterocycles. The molecule has 9 aromatic rings. The molecule has 5 aromatic carbocycles. The molecule has 85 heavy (non-hydrogen) atoms. The van der Waals surface area contributed by atoms with Gasteiger partial charge in [-0.15, -0.1) is 0 Å². The number of nitrogen functional groups attached to an aromatic ring is 3. The largest absolute Gasteiger partial charge is 0.444 e. The molecule has 3 saturated carbocycles. The highest BCUT2D eigenvalue weighted by molar-refractivity contribution is 6.03. The van der Waals surface area contributed by atoms with Gasteiger partial charge in [0.25, 0.3) is 0 Å². The van der Waals surface area contributed by atoms with Gasteiger partial charge in [-0.25, -0.2) is 28.7 Å². The summed E-state index contributed by atoms with van der Waals surface area (Å²) in [7, 11) is 0. The van der Waals surface area contributed by atoms with E-state index in [0.29, 0.717) is 66.6 Å². The van der Waals surface area contributed by atoms with Crippen LogP contribution in [-0.2, 0) is 33.6 Å². The number of halogens is 2. The summed E-state index contributed by atoms with van der Waals surface area (Å²) >= 11 is 0. The summed E-state index contributed by atoms with van der Waals surface area (Å²) in [4.78, 5) is 53.4. The Labute approximate surface area is 489 Å². The lowest BCUT2D eigenvalue weighted by molar-refractivity contribution is -0.118. The Kier molecular flexibility index (Phi) is 17.2. The number of aromatic nitrogens is 4. The van der Waals surface area contributed by atoms with E-state index in [1.807, 2.05) is 79.7 Å². The van der Waals surface area contributed by atoms with Gasteiger partial charge in [-0.1, -0.05) is 62.4 Å². The standard InChI is InChI=1S/C23H22FN5O2.C22H20N4O2.C21H20FN3O/c1-3-13-8-22(31-12(2)24)28-10-18(13)14-4-15-7-21(27-11-19(15)20(26)6-14)29-23(30)17-5-16(17)9-25;23-11-16-8-18(16)22(28)26-21-10-15-7-14(9-20(24)19(15)12-25-21)17-4-2-1-3-13(17)5-6-27;1-2-12-5-3-4-6-15(12)13-7-14-9-20(24-11-17(14)19(23)8-13)25-21(26)16-10-18(16)22/h4,6-8,10-12,16-17H,3,5,26H2,1-2H3,(H,27,29,30);1-4,7,9-10,12,16,18,27H,5-6,8,24H2,(H,25,26,28);3-9,11,16,18H,2,10,23H2,1H3,(H,24,25,26)/t12?,16-,17+;2*16-,18+/m111/s1. The van der Waals surface area contributed by atoms with E-state index in [1.165, 1.54) is 12.5 Å². The quantitative estimate of drug-likeness (QED) is 0.0470. The van der Waals surface area contributed by atoms with Crippen molar-refractivity contribution in [3.05, 3.63) is 151 Å². The predicted octanol–water partition coefficient (Wildman–Crippen LogP) is 11.7. The van der Waals surface area contributed by atoms with Gasteiger partial charge in [0.2, 0.25) is 30.0 Å². The smallest absolute Gasteiger partial charge is 0.237 e. The molecule has 17 nitrogen and oxygen atoms in total. The van der Waals surface area contributed by atoms with E-state index in [9.17, 15) is 28.3 Å². The number of hydrogen-bond acceptors (Lipinski definition) is 14. The number of nitriles is 2. The number of nitrogens with one attached hydrogen (secondary N) is 3. The molecule has 10 N–H and O–H groups in total. The van der Waals surface area contributed by atoms with E-state index in [4.69, 9.17) is 32.5 Å². The normalized spacial score (nSPS) is 18.3. The number of nitrogens with zero attached hydrogens (tertiary/aromatic N) is 6. The van der Waals surface area contributed by atoms with Gasteiger partial charge in [0.05, 0.1) is 41.7 Å². The van der Waals surface area contributed by atoms with Crippen molar-refractivity contribution in [2.24, 2.45) is 29.6 Å². The molecule has 1 unspecified atom stereocenters. The van der Waals surface area contributed by atoms with Crippen molar-refractivity contribution in [3.8, 4) is 51.4 Å². The minimum Gasteiger partial charge on any atom is -0.444 e. The molecule has 0 radical (unpaired) electrons. The number of pyridine rings is 4. The second kappa shape index (κ2) is 25.2. The Morgan fingerprint density at radius 2 is 1.00 bits per heavy atom. The lowest BCUT2D eigenvalue weighted by atomic mass is 9.95. The van der Waals surface area contributed by atoms with Crippen molar-refractivity contribution < 1.29 is 33.0 Å². The third kappa shape index (κ3) is 13.4. The fourth-order valence-electron chi connectivity index (χ4n) is 10.4. The third-order valence-electron chi connectivity index (χ3n) is 15.4. The molecular weight excluding hydrogens is 1080 g/mol. The maximum Gasteiger partial charge on any atom is 0.237 e. The van der Waals surface area contributed by atoms with Gasteiger partial charge in [-0.3, -0.25) is 14.4 Å². The van der Waals surface area contributed by atoms with Crippen molar-refractivity contribution in [2.45, 2.75) is 71.8 Å². The van der Waals surface area contributed by atoms with Gasteiger partial charge in [0, 0.05) is 83.2 Å². The fraction of sp³-hybridized carbons (Fsp3) is 0.258. The van der Waals surface area contributed by atoms with E-state index >= 15 is 0 Å². The maximum atomic E-state index is 13.2. The van der Waals surface area contributed by atoms with Crippen molar-refractivity contribution in [2.75, 3.05) is 39.8 Å². The van der Waals surface area contributed by atoms with Crippen LogP contribution in [0.25, 0.3) is 65.7 Å². The number of benzene rings is 5. The molecule has 3 amide bonds. The van der Waals surface area contributed by atoms with E-state index in [0.717, 1.165) is 83.2 Å². The number of rotatable bonds is 15. The van der Waals surface area contributed by atoms with E-state index < -0.39 is 18.4 Å². The van der Waals surface area contributed by atoms with Gasteiger partial charge in [-0.05, 0) is 154 Å². The number of carbonyl (C=O) groups excluding carboxylic acids is 3. The topological polar surface area (TPSA) is 294 Å². The molecule has 3 aliphatic carbocycles. The molecule has 19 heteroatoms. The van der Waals surface area contributed by atoms with Gasteiger partial charge >= 0.3 is 0 Å². The lowest BCUT2D eigenvalue weighted by Crippen LogP contribution is -2.15. The van der Waals surface area contributed by atoms with Crippen LogP contribution in [0.15, 0.2) is 134 Å². The maximum absolute atomic E-state index is 13.2. The lowest BCUT2D eigenvalue weighted by Gasteiger charge is -2.13. The first-order valence-corrected chi connectivity index (χ1v) is 28.1. The molecule has 7 atom stereocenters. The number of alkyl halides is 2. The monoisotopic (exact) mass is 1140 g/mol. The molecular formula is C66H62F2N12O5. The Morgan fingerprint density at radius 1 is 0.588 bits per heavy atom. The van der Waals surface area contributed by atoms with Crippen LogP contribution in [0.5, 0.6) is 5.88 Å². The Morgan fingerprint density at radius 3 is 1.40 bits per heavy atom. The van der Waals surface area contributed by atoms with Crippen LogP contribution in [0.4, 0.5) is 43.3 Å². The third-order valence-corrected chi connectivity index (χ3v) is 15.4.